The Labute approximate surface area is 159 Å². The van der Waals surface area contributed by atoms with Gasteiger partial charge in [0, 0.05) is 25.7 Å². The van der Waals surface area contributed by atoms with E-state index in [4.69, 9.17) is 4.74 Å². The van der Waals surface area contributed by atoms with Crippen molar-refractivity contribution in [2.45, 2.75) is 39.0 Å². The first kappa shape index (κ1) is 19.3. The topological polar surface area (TPSA) is 80.5 Å². The van der Waals surface area contributed by atoms with Crippen LogP contribution in [0.3, 0.4) is 0 Å². The van der Waals surface area contributed by atoms with Crippen molar-refractivity contribution >= 4 is 11.5 Å². The van der Waals surface area contributed by atoms with E-state index in [-0.39, 0.29) is 17.8 Å². The van der Waals surface area contributed by atoms with Gasteiger partial charge < -0.3 is 10.1 Å². The lowest BCUT2D eigenvalue weighted by molar-refractivity contribution is -0.385. The summed E-state index contributed by atoms with van der Waals surface area (Å²) in [4.78, 5) is 17.3. The molecule has 2 aromatic rings. The molecule has 0 amide bonds. The van der Waals surface area contributed by atoms with Crippen molar-refractivity contribution in [2.24, 2.45) is 0 Å². The summed E-state index contributed by atoms with van der Waals surface area (Å²) >= 11 is 0. The zero-order valence-corrected chi connectivity index (χ0v) is 15.8. The van der Waals surface area contributed by atoms with Gasteiger partial charge in [0.1, 0.15) is 11.5 Å². The first-order chi connectivity index (χ1) is 13.1. The van der Waals surface area contributed by atoms with Gasteiger partial charge in [0.15, 0.2) is 0 Å². The van der Waals surface area contributed by atoms with Gasteiger partial charge in [0.05, 0.1) is 23.7 Å². The smallest absolute Gasteiger partial charge is 0.290 e. The Bertz CT molecular complexity index is 769. The predicted octanol–water partition coefficient (Wildman–Crippen LogP) is 3.39. The Hall–Kier alpha value is -2.51. The lowest BCUT2D eigenvalue weighted by Gasteiger charge is -2.37. The summed E-state index contributed by atoms with van der Waals surface area (Å²) in [5.74, 6) is 0.647. The maximum absolute atomic E-state index is 11.0. The molecule has 0 spiro atoms. The number of hydrogen-bond donors (Lipinski definition) is 1. The molecule has 1 saturated heterocycles. The summed E-state index contributed by atoms with van der Waals surface area (Å²) < 4.78 is 6.02. The lowest BCUT2D eigenvalue weighted by Crippen LogP contribution is -2.49. The molecule has 0 saturated carbocycles. The number of rotatable bonds is 7. The van der Waals surface area contributed by atoms with Gasteiger partial charge in [-0.2, -0.15) is 0 Å². The third kappa shape index (κ3) is 5.02. The molecule has 1 fully saturated rings. The minimum Gasteiger partial charge on any atom is -0.373 e. The van der Waals surface area contributed by atoms with Crippen LogP contribution in [0.1, 0.15) is 24.6 Å². The number of pyridine rings is 1. The van der Waals surface area contributed by atoms with Crippen molar-refractivity contribution in [1.82, 2.24) is 9.88 Å². The SMILES string of the molecule is CCC(Nc1ccc([N+](=O)[O-])c(C)n1)C1CN(Cc2ccccc2)CCO1. The van der Waals surface area contributed by atoms with Crippen molar-refractivity contribution in [2.75, 3.05) is 25.0 Å². The summed E-state index contributed by atoms with van der Waals surface area (Å²) in [7, 11) is 0. The van der Waals surface area contributed by atoms with E-state index < -0.39 is 4.92 Å². The van der Waals surface area contributed by atoms with Crippen LogP contribution in [0.15, 0.2) is 42.5 Å². The minimum absolute atomic E-state index is 0.0385. The fraction of sp³-hybridized carbons (Fsp3) is 0.450. The molecule has 7 nitrogen and oxygen atoms in total. The lowest BCUT2D eigenvalue weighted by atomic mass is 10.1. The van der Waals surface area contributed by atoms with E-state index in [1.54, 1.807) is 13.0 Å². The molecule has 27 heavy (non-hydrogen) atoms. The second kappa shape index (κ2) is 8.92. The zero-order valence-electron chi connectivity index (χ0n) is 15.8. The molecule has 1 aromatic carbocycles. The molecule has 3 rings (SSSR count). The largest absolute Gasteiger partial charge is 0.373 e. The van der Waals surface area contributed by atoms with Gasteiger partial charge in [0.25, 0.3) is 5.69 Å². The van der Waals surface area contributed by atoms with E-state index in [0.29, 0.717) is 18.1 Å². The highest BCUT2D eigenvalue weighted by atomic mass is 16.6. The van der Waals surface area contributed by atoms with Crippen LogP contribution in [0, 0.1) is 17.0 Å². The van der Waals surface area contributed by atoms with Crippen LogP contribution in [0.2, 0.25) is 0 Å². The summed E-state index contributed by atoms with van der Waals surface area (Å²) in [5.41, 5.74) is 1.75. The number of anilines is 1. The normalized spacial score (nSPS) is 18.8. The van der Waals surface area contributed by atoms with Crippen LogP contribution >= 0.6 is 0 Å². The van der Waals surface area contributed by atoms with Gasteiger partial charge >= 0.3 is 0 Å². The first-order valence-electron chi connectivity index (χ1n) is 9.33. The molecule has 2 heterocycles. The molecule has 1 aliphatic rings. The molecule has 0 radical (unpaired) electrons. The fourth-order valence-corrected chi connectivity index (χ4v) is 3.44. The predicted molar refractivity (Wildman–Crippen MR) is 105 cm³/mol. The molecule has 1 aliphatic heterocycles. The molecule has 0 aliphatic carbocycles. The van der Waals surface area contributed by atoms with Crippen molar-refractivity contribution in [3.8, 4) is 0 Å². The molecular weight excluding hydrogens is 344 g/mol. The van der Waals surface area contributed by atoms with Gasteiger partial charge in [-0.25, -0.2) is 4.98 Å². The number of morpholine rings is 1. The highest BCUT2D eigenvalue weighted by molar-refractivity contribution is 5.45. The van der Waals surface area contributed by atoms with Crippen LogP contribution in [-0.2, 0) is 11.3 Å². The second-order valence-electron chi connectivity index (χ2n) is 6.85. The van der Waals surface area contributed by atoms with E-state index in [1.807, 2.05) is 6.07 Å². The summed E-state index contributed by atoms with van der Waals surface area (Å²) in [5, 5.41) is 14.4. The van der Waals surface area contributed by atoms with Crippen molar-refractivity contribution in [1.29, 1.82) is 0 Å². The van der Waals surface area contributed by atoms with E-state index in [1.165, 1.54) is 11.6 Å². The van der Waals surface area contributed by atoms with E-state index in [9.17, 15) is 10.1 Å². The monoisotopic (exact) mass is 370 g/mol. The Morgan fingerprint density at radius 1 is 1.33 bits per heavy atom. The summed E-state index contributed by atoms with van der Waals surface area (Å²) in [6, 6.07) is 13.7. The van der Waals surface area contributed by atoms with Gasteiger partial charge in [-0.15, -0.1) is 0 Å². The fourth-order valence-electron chi connectivity index (χ4n) is 3.44. The molecule has 1 N–H and O–H groups in total. The van der Waals surface area contributed by atoms with Gasteiger partial charge in [0.2, 0.25) is 0 Å². The Morgan fingerprint density at radius 3 is 2.78 bits per heavy atom. The second-order valence-corrected chi connectivity index (χ2v) is 6.85. The Morgan fingerprint density at radius 2 is 2.11 bits per heavy atom. The van der Waals surface area contributed by atoms with E-state index >= 15 is 0 Å². The number of aryl methyl sites for hydroxylation is 1. The van der Waals surface area contributed by atoms with Crippen LogP contribution in [0.4, 0.5) is 11.5 Å². The van der Waals surface area contributed by atoms with Crippen LogP contribution in [0.5, 0.6) is 0 Å². The number of aromatic nitrogens is 1. The number of benzene rings is 1. The van der Waals surface area contributed by atoms with Crippen molar-refractivity contribution in [3.05, 3.63) is 63.8 Å². The molecular formula is C20H26N4O3. The molecule has 0 bridgehead atoms. The third-order valence-electron chi connectivity index (χ3n) is 4.90. The number of hydrogen-bond acceptors (Lipinski definition) is 6. The highest BCUT2D eigenvalue weighted by Crippen LogP contribution is 2.21. The maximum Gasteiger partial charge on any atom is 0.290 e. The Balaban J connectivity index is 1.64. The standard InChI is InChI=1S/C20H26N4O3/c1-3-17(22-20-10-9-18(24(25)26)15(2)21-20)19-14-23(11-12-27-19)13-16-7-5-4-6-8-16/h4-10,17,19H,3,11-14H2,1-2H3,(H,21,22). The van der Waals surface area contributed by atoms with Crippen LogP contribution in [0.25, 0.3) is 0 Å². The third-order valence-corrected chi connectivity index (χ3v) is 4.90. The highest BCUT2D eigenvalue weighted by Gasteiger charge is 2.27. The Kier molecular flexibility index (Phi) is 6.36. The van der Waals surface area contributed by atoms with Gasteiger partial charge in [-0.3, -0.25) is 15.0 Å². The minimum atomic E-state index is -0.408. The first-order valence-corrected chi connectivity index (χ1v) is 9.33. The molecule has 144 valence electrons. The average molecular weight is 370 g/mol. The molecule has 1 aromatic heterocycles. The number of nitro groups is 1. The maximum atomic E-state index is 11.0. The number of nitrogens with one attached hydrogen (secondary N) is 1. The average Bonchev–Trinajstić information content (AvgIpc) is 2.67. The number of nitrogens with zero attached hydrogens (tertiary/aromatic N) is 3. The van der Waals surface area contributed by atoms with Crippen molar-refractivity contribution in [3.63, 3.8) is 0 Å². The van der Waals surface area contributed by atoms with Crippen LogP contribution in [-0.4, -0.2) is 46.6 Å². The van der Waals surface area contributed by atoms with E-state index in [2.05, 4.69) is 46.4 Å². The van der Waals surface area contributed by atoms with E-state index in [0.717, 1.165) is 26.1 Å². The summed E-state index contributed by atoms with van der Waals surface area (Å²) in [6.07, 6.45) is 0.923. The van der Waals surface area contributed by atoms with Gasteiger partial charge in [-0.05, 0) is 25.0 Å². The van der Waals surface area contributed by atoms with Gasteiger partial charge in [-0.1, -0.05) is 37.3 Å². The summed E-state index contributed by atoms with van der Waals surface area (Å²) in [6.45, 7) is 7.12. The molecule has 2 unspecified atom stereocenters. The molecule has 7 heteroatoms. The van der Waals surface area contributed by atoms with Crippen LogP contribution < -0.4 is 5.32 Å². The zero-order chi connectivity index (χ0) is 19.2. The molecule has 2 atom stereocenters. The quantitative estimate of drug-likeness (QED) is 0.594. The van der Waals surface area contributed by atoms with Crippen molar-refractivity contribution < 1.29 is 9.66 Å². The number of ether oxygens (including phenoxy) is 1.